The van der Waals surface area contributed by atoms with E-state index in [0.29, 0.717) is 5.92 Å². The van der Waals surface area contributed by atoms with Crippen molar-refractivity contribution in [3.8, 4) is 44.5 Å². The maximum absolute atomic E-state index is 2.45. The summed E-state index contributed by atoms with van der Waals surface area (Å²) in [5, 5.41) is 0. The monoisotopic (exact) mass is 797 g/mol. The Morgan fingerprint density at radius 3 is 1.64 bits per heavy atom. The first kappa shape index (κ1) is 40.7. The Labute approximate surface area is 366 Å². The zero-order valence-corrected chi connectivity index (χ0v) is 38.0. The summed E-state index contributed by atoms with van der Waals surface area (Å²) >= 11 is 0. The number of benzene rings is 7. The molecule has 2 aliphatic carbocycles. The summed E-state index contributed by atoms with van der Waals surface area (Å²) in [4.78, 5) is 2.44. The highest BCUT2D eigenvalue weighted by atomic mass is 15.1. The Morgan fingerprint density at radius 2 is 1.00 bits per heavy atom. The van der Waals surface area contributed by atoms with E-state index < -0.39 is 0 Å². The number of anilines is 3. The lowest BCUT2D eigenvalue weighted by molar-refractivity contribution is 0.444. The first-order chi connectivity index (χ1) is 29.1. The van der Waals surface area contributed by atoms with Gasteiger partial charge >= 0.3 is 0 Å². The second-order valence-electron chi connectivity index (χ2n) is 20.6. The van der Waals surface area contributed by atoms with E-state index in [1.165, 1.54) is 116 Å². The van der Waals surface area contributed by atoms with Crippen LogP contribution < -0.4 is 4.90 Å². The van der Waals surface area contributed by atoms with E-state index >= 15 is 0 Å². The van der Waals surface area contributed by atoms with Gasteiger partial charge in [0.1, 0.15) is 0 Å². The number of aryl methyl sites for hydroxylation is 1. The van der Waals surface area contributed by atoms with Gasteiger partial charge in [0.05, 0.1) is 0 Å². The highest BCUT2D eigenvalue weighted by Crippen LogP contribution is 2.51. The molecule has 0 saturated heterocycles. The molecule has 1 fully saturated rings. The van der Waals surface area contributed by atoms with Gasteiger partial charge in [0.25, 0.3) is 0 Å². The van der Waals surface area contributed by atoms with E-state index in [1.54, 1.807) is 0 Å². The lowest BCUT2D eigenvalue weighted by atomic mass is 9.78. The molecule has 0 bridgehead atoms. The van der Waals surface area contributed by atoms with Crippen LogP contribution >= 0.6 is 0 Å². The molecule has 9 rings (SSSR count). The van der Waals surface area contributed by atoms with Gasteiger partial charge in [-0.3, -0.25) is 0 Å². The summed E-state index contributed by atoms with van der Waals surface area (Å²) < 4.78 is 0. The Kier molecular flexibility index (Phi) is 10.5. The fourth-order valence-corrected chi connectivity index (χ4v) is 10.1. The molecular formula is C60H63N. The van der Waals surface area contributed by atoms with Crippen LogP contribution in [0.2, 0.25) is 0 Å². The minimum Gasteiger partial charge on any atom is -0.310 e. The highest BCUT2D eigenvalue weighted by molar-refractivity contribution is 5.86. The third kappa shape index (κ3) is 7.89. The summed E-state index contributed by atoms with van der Waals surface area (Å²) in [6, 6.07) is 58.0. The van der Waals surface area contributed by atoms with E-state index in [-0.39, 0.29) is 16.2 Å². The van der Waals surface area contributed by atoms with Crippen molar-refractivity contribution in [1.29, 1.82) is 0 Å². The molecule has 7 aromatic carbocycles. The molecule has 0 unspecified atom stereocenters. The van der Waals surface area contributed by atoms with Crippen LogP contribution in [-0.4, -0.2) is 0 Å². The fourth-order valence-electron chi connectivity index (χ4n) is 10.1. The van der Waals surface area contributed by atoms with Crippen LogP contribution in [0.25, 0.3) is 44.5 Å². The van der Waals surface area contributed by atoms with Crippen LogP contribution in [0.1, 0.15) is 127 Å². The zero-order valence-electron chi connectivity index (χ0n) is 38.0. The molecule has 7 aromatic rings. The van der Waals surface area contributed by atoms with Crippen molar-refractivity contribution in [2.75, 3.05) is 4.90 Å². The molecule has 0 spiro atoms. The van der Waals surface area contributed by atoms with Crippen molar-refractivity contribution in [1.82, 2.24) is 0 Å². The van der Waals surface area contributed by atoms with Crippen molar-refractivity contribution in [3.05, 3.63) is 185 Å². The number of rotatable bonds is 7. The Morgan fingerprint density at radius 1 is 0.443 bits per heavy atom. The highest BCUT2D eigenvalue weighted by Gasteiger charge is 2.36. The first-order valence-corrected chi connectivity index (χ1v) is 22.8. The molecule has 2 aliphatic rings. The van der Waals surface area contributed by atoms with Gasteiger partial charge < -0.3 is 4.90 Å². The van der Waals surface area contributed by atoms with Crippen LogP contribution in [0.5, 0.6) is 0 Å². The van der Waals surface area contributed by atoms with E-state index in [9.17, 15) is 0 Å². The smallest absolute Gasteiger partial charge is 0.0465 e. The lowest BCUT2D eigenvalue weighted by Gasteiger charge is -2.28. The lowest BCUT2D eigenvalue weighted by Crippen LogP contribution is -2.16. The third-order valence-corrected chi connectivity index (χ3v) is 13.9. The molecule has 0 aliphatic heterocycles. The molecule has 0 radical (unpaired) electrons. The van der Waals surface area contributed by atoms with Gasteiger partial charge in [-0.15, -0.1) is 0 Å². The summed E-state index contributed by atoms with van der Waals surface area (Å²) in [7, 11) is 0. The average Bonchev–Trinajstić information content (AvgIpc) is 3.49. The number of hydrogen-bond acceptors (Lipinski definition) is 1. The van der Waals surface area contributed by atoms with Crippen LogP contribution in [0, 0.1) is 6.92 Å². The topological polar surface area (TPSA) is 3.24 Å². The molecule has 0 N–H and O–H groups in total. The van der Waals surface area contributed by atoms with Gasteiger partial charge in [-0.25, -0.2) is 0 Å². The van der Waals surface area contributed by atoms with Crippen LogP contribution in [0.4, 0.5) is 17.1 Å². The normalized spacial score (nSPS) is 15.0. The van der Waals surface area contributed by atoms with E-state index in [4.69, 9.17) is 0 Å². The standard InChI is InChI=1S/C60H63N/c1-40-34-46(47-36-48(58(2,3)4)38-49(37-47)59(5,6)7)26-32-53(40)43-24-29-51(30-25-43)61(52-31-33-55-54-20-13-14-21-56(54)60(8,9)57(55)39-52)50-27-22-42(23-28-50)45-19-15-18-44(35-45)41-16-11-10-12-17-41/h13-15,18-39,41H,10-12,16-17H2,1-9H3. The molecule has 0 aromatic heterocycles. The first-order valence-electron chi connectivity index (χ1n) is 22.8. The third-order valence-electron chi connectivity index (χ3n) is 13.9. The summed E-state index contributed by atoms with van der Waals surface area (Å²) in [5.74, 6) is 0.690. The number of hydrogen-bond donors (Lipinski definition) is 0. The maximum Gasteiger partial charge on any atom is 0.0465 e. The molecule has 308 valence electrons. The number of fused-ring (bicyclic) bond motifs is 3. The van der Waals surface area contributed by atoms with Crippen molar-refractivity contribution >= 4 is 17.1 Å². The minimum absolute atomic E-state index is 0.0732. The Bertz CT molecular complexity index is 2670. The molecule has 1 nitrogen and oxygen atoms in total. The molecule has 0 amide bonds. The molecule has 0 heterocycles. The summed E-state index contributed by atoms with van der Waals surface area (Å²) in [6.07, 6.45) is 6.71. The van der Waals surface area contributed by atoms with E-state index in [1.807, 2.05) is 0 Å². The molecule has 1 saturated carbocycles. The second-order valence-corrected chi connectivity index (χ2v) is 20.6. The summed E-state index contributed by atoms with van der Waals surface area (Å²) in [5.41, 5.74) is 22.2. The van der Waals surface area contributed by atoms with Gasteiger partial charge in [-0.2, -0.15) is 0 Å². The largest absolute Gasteiger partial charge is 0.310 e. The van der Waals surface area contributed by atoms with Crippen LogP contribution in [0.3, 0.4) is 0 Å². The zero-order chi connectivity index (χ0) is 42.7. The predicted octanol–water partition coefficient (Wildman–Crippen LogP) is 17.4. The Balaban J connectivity index is 1.07. The van der Waals surface area contributed by atoms with E-state index in [2.05, 4.69) is 219 Å². The SMILES string of the molecule is Cc1cc(-c2cc(C(C)(C)C)cc(C(C)(C)C)c2)ccc1-c1ccc(N(c2ccc(-c3cccc(C4CCCCC4)c3)cc2)c2ccc3c(c2)C(C)(C)c2ccccc2-3)cc1. The molecular weight excluding hydrogens is 735 g/mol. The van der Waals surface area contributed by atoms with Gasteiger partial charge in [-0.05, 0) is 151 Å². The summed E-state index contributed by atoms with van der Waals surface area (Å²) in [6.45, 7) is 20.9. The van der Waals surface area contributed by atoms with Crippen LogP contribution in [0.15, 0.2) is 152 Å². The van der Waals surface area contributed by atoms with Gasteiger partial charge in [0, 0.05) is 22.5 Å². The average molecular weight is 798 g/mol. The fraction of sp³-hybridized carbons (Fsp3) is 0.300. The quantitative estimate of drug-likeness (QED) is 0.155. The van der Waals surface area contributed by atoms with Gasteiger partial charge in [-0.1, -0.05) is 190 Å². The van der Waals surface area contributed by atoms with Gasteiger partial charge in [0.2, 0.25) is 0 Å². The van der Waals surface area contributed by atoms with Crippen molar-refractivity contribution in [2.24, 2.45) is 0 Å². The van der Waals surface area contributed by atoms with Gasteiger partial charge in [0.15, 0.2) is 0 Å². The molecule has 1 heteroatoms. The van der Waals surface area contributed by atoms with E-state index in [0.717, 1.165) is 11.4 Å². The van der Waals surface area contributed by atoms with Crippen molar-refractivity contribution in [3.63, 3.8) is 0 Å². The molecule has 61 heavy (non-hydrogen) atoms. The second kappa shape index (κ2) is 15.7. The Hall–Kier alpha value is -5.66. The minimum atomic E-state index is -0.0866. The van der Waals surface area contributed by atoms with Crippen molar-refractivity contribution < 1.29 is 0 Å². The maximum atomic E-state index is 2.45. The molecule has 0 atom stereocenters. The van der Waals surface area contributed by atoms with Crippen molar-refractivity contribution in [2.45, 2.75) is 117 Å². The predicted molar refractivity (Wildman–Crippen MR) is 263 cm³/mol. The van der Waals surface area contributed by atoms with Crippen LogP contribution in [-0.2, 0) is 16.2 Å². The number of nitrogens with zero attached hydrogens (tertiary/aromatic N) is 1.